The van der Waals surface area contributed by atoms with Crippen LogP contribution in [0.1, 0.15) is 31.4 Å². The number of para-hydroxylation sites is 1. The quantitative estimate of drug-likeness (QED) is 0.764. The molecule has 7 heteroatoms. The number of benzene rings is 1. The summed E-state index contributed by atoms with van der Waals surface area (Å²) < 4.78 is 5.62. The van der Waals surface area contributed by atoms with E-state index in [2.05, 4.69) is 15.6 Å². The van der Waals surface area contributed by atoms with Gasteiger partial charge in [0.25, 0.3) is 0 Å². The largest absolute Gasteiger partial charge is 0.465 e. The molecule has 1 saturated heterocycles. The smallest absolute Gasteiger partial charge is 0.405 e. The van der Waals surface area contributed by atoms with Crippen LogP contribution in [0.25, 0.3) is 10.9 Å². The van der Waals surface area contributed by atoms with E-state index in [0.29, 0.717) is 22.9 Å². The van der Waals surface area contributed by atoms with E-state index in [1.807, 2.05) is 18.2 Å². The SMILES string of the molecule is C[C@H](NC(=O)O)c1cc2cccc(Cl)c2nc1NC[C@@H]1CCCO1. The van der Waals surface area contributed by atoms with E-state index in [1.54, 1.807) is 13.0 Å². The van der Waals surface area contributed by atoms with Crippen molar-refractivity contribution in [3.8, 4) is 0 Å². The monoisotopic (exact) mass is 349 g/mol. The number of amides is 1. The van der Waals surface area contributed by atoms with Crippen molar-refractivity contribution in [1.29, 1.82) is 0 Å². The minimum atomic E-state index is -1.07. The first kappa shape index (κ1) is 16.8. The first-order valence-electron chi connectivity index (χ1n) is 7.98. The summed E-state index contributed by atoms with van der Waals surface area (Å²) in [6.07, 6.45) is 1.16. The lowest BCUT2D eigenvalue weighted by Crippen LogP contribution is -2.26. The molecule has 1 amide bonds. The second-order valence-electron chi connectivity index (χ2n) is 5.92. The molecule has 1 fully saturated rings. The van der Waals surface area contributed by atoms with E-state index in [1.165, 1.54) is 0 Å². The third-order valence-electron chi connectivity index (χ3n) is 4.15. The van der Waals surface area contributed by atoms with Gasteiger partial charge in [0.1, 0.15) is 5.82 Å². The molecule has 24 heavy (non-hydrogen) atoms. The van der Waals surface area contributed by atoms with Crippen molar-refractivity contribution in [2.24, 2.45) is 0 Å². The van der Waals surface area contributed by atoms with Gasteiger partial charge >= 0.3 is 6.09 Å². The van der Waals surface area contributed by atoms with Crippen molar-refractivity contribution in [2.75, 3.05) is 18.5 Å². The number of carboxylic acid groups (broad SMARTS) is 1. The van der Waals surface area contributed by atoms with E-state index in [9.17, 15) is 4.79 Å². The Morgan fingerprint density at radius 1 is 1.54 bits per heavy atom. The number of pyridine rings is 1. The Morgan fingerprint density at radius 3 is 3.08 bits per heavy atom. The van der Waals surface area contributed by atoms with E-state index in [4.69, 9.17) is 21.4 Å². The molecule has 1 aliphatic heterocycles. The summed E-state index contributed by atoms with van der Waals surface area (Å²) in [5.74, 6) is 0.632. The number of nitrogens with zero attached hydrogens (tertiary/aromatic N) is 1. The molecule has 0 bridgehead atoms. The summed E-state index contributed by atoms with van der Waals surface area (Å²) in [5.41, 5.74) is 1.48. The third kappa shape index (κ3) is 3.71. The van der Waals surface area contributed by atoms with Gasteiger partial charge in [-0.15, -0.1) is 0 Å². The van der Waals surface area contributed by atoms with Crippen LogP contribution in [0.3, 0.4) is 0 Å². The van der Waals surface area contributed by atoms with Crippen molar-refractivity contribution in [2.45, 2.75) is 31.9 Å². The minimum Gasteiger partial charge on any atom is -0.465 e. The topological polar surface area (TPSA) is 83.5 Å². The van der Waals surface area contributed by atoms with Gasteiger partial charge in [-0.05, 0) is 31.9 Å². The average Bonchev–Trinajstić information content (AvgIpc) is 3.05. The van der Waals surface area contributed by atoms with Crippen LogP contribution < -0.4 is 10.6 Å². The molecular weight excluding hydrogens is 330 g/mol. The van der Waals surface area contributed by atoms with Gasteiger partial charge < -0.3 is 20.5 Å². The first-order chi connectivity index (χ1) is 11.5. The standard InChI is InChI=1S/C17H20ClN3O3/c1-10(20-17(22)23)13-8-11-4-2-6-14(18)15(11)21-16(13)19-9-12-5-3-7-24-12/h2,4,6,8,10,12,20H,3,5,7,9H2,1H3,(H,19,21)(H,22,23)/t10-,12-/m0/s1. The normalized spacial score (nSPS) is 18.5. The second-order valence-corrected chi connectivity index (χ2v) is 6.33. The molecule has 1 aromatic carbocycles. The van der Waals surface area contributed by atoms with E-state index >= 15 is 0 Å². The minimum absolute atomic E-state index is 0.157. The van der Waals surface area contributed by atoms with Gasteiger partial charge in [-0.2, -0.15) is 0 Å². The van der Waals surface area contributed by atoms with Crippen molar-refractivity contribution in [1.82, 2.24) is 10.3 Å². The Morgan fingerprint density at radius 2 is 2.38 bits per heavy atom. The predicted octanol–water partition coefficient (Wildman–Crippen LogP) is 3.81. The maximum absolute atomic E-state index is 11.0. The zero-order valence-electron chi connectivity index (χ0n) is 13.4. The van der Waals surface area contributed by atoms with Crippen molar-refractivity contribution in [3.63, 3.8) is 0 Å². The Bertz CT molecular complexity index is 747. The molecule has 1 aliphatic rings. The highest BCUT2D eigenvalue weighted by molar-refractivity contribution is 6.35. The molecule has 3 rings (SSSR count). The lowest BCUT2D eigenvalue weighted by atomic mass is 10.1. The van der Waals surface area contributed by atoms with Crippen LogP contribution in [0.15, 0.2) is 24.3 Å². The van der Waals surface area contributed by atoms with Gasteiger partial charge in [-0.1, -0.05) is 23.7 Å². The molecule has 0 radical (unpaired) electrons. The molecule has 3 N–H and O–H groups in total. The molecule has 2 aromatic rings. The highest BCUT2D eigenvalue weighted by Crippen LogP contribution is 2.29. The van der Waals surface area contributed by atoms with Gasteiger partial charge in [0.05, 0.1) is 22.7 Å². The van der Waals surface area contributed by atoms with Gasteiger partial charge in [-0.3, -0.25) is 0 Å². The van der Waals surface area contributed by atoms with E-state index in [0.717, 1.165) is 30.4 Å². The molecule has 0 aliphatic carbocycles. The van der Waals surface area contributed by atoms with E-state index < -0.39 is 12.1 Å². The van der Waals surface area contributed by atoms with Crippen molar-refractivity contribution < 1.29 is 14.6 Å². The molecular formula is C17H20ClN3O3. The van der Waals surface area contributed by atoms with Gasteiger partial charge in [0.15, 0.2) is 0 Å². The predicted molar refractivity (Wildman–Crippen MR) is 93.8 cm³/mol. The maximum Gasteiger partial charge on any atom is 0.405 e. The number of fused-ring (bicyclic) bond motifs is 1. The zero-order valence-corrected chi connectivity index (χ0v) is 14.1. The molecule has 1 aromatic heterocycles. The van der Waals surface area contributed by atoms with E-state index in [-0.39, 0.29) is 6.10 Å². The number of hydrogen-bond acceptors (Lipinski definition) is 4. The Balaban J connectivity index is 1.94. The first-order valence-corrected chi connectivity index (χ1v) is 8.36. The van der Waals surface area contributed by atoms with Crippen LogP contribution in [0.2, 0.25) is 5.02 Å². The zero-order chi connectivity index (χ0) is 17.1. The van der Waals surface area contributed by atoms with Gasteiger partial charge in [-0.25, -0.2) is 9.78 Å². The highest BCUT2D eigenvalue weighted by Gasteiger charge is 2.19. The Kier molecular flexibility index (Phi) is 5.06. The fraction of sp³-hybridized carbons (Fsp3) is 0.412. The van der Waals surface area contributed by atoms with Crippen LogP contribution in [-0.4, -0.2) is 35.4 Å². The molecule has 128 valence electrons. The highest BCUT2D eigenvalue weighted by atomic mass is 35.5. The number of nitrogens with one attached hydrogen (secondary N) is 2. The van der Waals surface area contributed by atoms with Crippen LogP contribution >= 0.6 is 11.6 Å². The van der Waals surface area contributed by atoms with Gasteiger partial charge in [0, 0.05) is 24.1 Å². The summed E-state index contributed by atoms with van der Waals surface area (Å²) in [6, 6.07) is 7.08. The fourth-order valence-electron chi connectivity index (χ4n) is 2.93. The van der Waals surface area contributed by atoms with Gasteiger partial charge in [0.2, 0.25) is 0 Å². The number of anilines is 1. The molecule has 6 nitrogen and oxygen atoms in total. The van der Waals surface area contributed by atoms with Crippen LogP contribution in [-0.2, 0) is 4.74 Å². The van der Waals surface area contributed by atoms with Crippen molar-refractivity contribution in [3.05, 3.63) is 34.9 Å². The fourth-order valence-corrected chi connectivity index (χ4v) is 3.15. The number of halogens is 1. The molecule has 2 heterocycles. The lowest BCUT2D eigenvalue weighted by Gasteiger charge is -2.19. The molecule has 0 unspecified atom stereocenters. The van der Waals surface area contributed by atoms with Crippen LogP contribution in [0, 0.1) is 0 Å². The maximum atomic E-state index is 11.0. The lowest BCUT2D eigenvalue weighted by molar-refractivity contribution is 0.120. The Hall–Kier alpha value is -2.05. The molecule has 0 saturated carbocycles. The number of rotatable bonds is 5. The molecule has 0 spiro atoms. The summed E-state index contributed by atoms with van der Waals surface area (Å²) >= 11 is 6.25. The van der Waals surface area contributed by atoms with Crippen LogP contribution in [0.4, 0.5) is 10.6 Å². The summed E-state index contributed by atoms with van der Waals surface area (Å²) in [7, 11) is 0. The summed E-state index contributed by atoms with van der Waals surface area (Å²) in [5, 5.41) is 16.2. The average molecular weight is 350 g/mol. The number of carbonyl (C=O) groups is 1. The summed E-state index contributed by atoms with van der Waals surface area (Å²) in [6.45, 7) is 3.21. The van der Waals surface area contributed by atoms with Crippen molar-refractivity contribution >= 4 is 34.4 Å². The second kappa shape index (κ2) is 7.23. The van der Waals surface area contributed by atoms with Crippen LogP contribution in [0.5, 0.6) is 0 Å². The third-order valence-corrected chi connectivity index (χ3v) is 4.46. The number of hydrogen-bond donors (Lipinski definition) is 3. The molecule has 2 atom stereocenters. The number of ether oxygens (including phenoxy) is 1. The Labute approximate surface area is 145 Å². The summed E-state index contributed by atoms with van der Waals surface area (Å²) in [4.78, 5) is 15.6. The number of aromatic nitrogens is 1.